The van der Waals surface area contributed by atoms with E-state index in [1.807, 2.05) is 48.9 Å². The second-order valence-electron chi connectivity index (χ2n) is 4.19. The quantitative estimate of drug-likeness (QED) is 0.676. The van der Waals surface area contributed by atoms with Crippen molar-refractivity contribution in [3.05, 3.63) is 47.4 Å². The van der Waals surface area contributed by atoms with Gasteiger partial charge in [-0.05, 0) is 37.6 Å². The Morgan fingerprint density at radius 1 is 1.24 bits per heavy atom. The fourth-order valence-corrected chi connectivity index (χ4v) is 1.91. The Hall–Kier alpha value is -2.10. The number of hydrogen-bond acceptors (Lipinski definition) is 3. The molecule has 0 aliphatic rings. The van der Waals surface area contributed by atoms with E-state index in [1.54, 1.807) is 0 Å². The van der Waals surface area contributed by atoms with Crippen LogP contribution in [0.1, 0.15) is 17.1 Å². The maximum Gasteiger partial charge on any atom is 0.126 e. The second kappa shape index (κ2) is 3.73. The number of aryl methyl sites for hydroxylation is 2. The van der Waals surface area contributed by atoms with Gasteiger partial charge in [-0.25, -0.2) is 4.68 Å². The summed E-state index contributed by atoms with van der Waals surface area (Å²) >= 11 is 0. The largest absolute Gasteiger partial charge is 0.464 e. The van der Waals surface area contributed by atoms with Crippen molar-refractivity contribution in [2.75, 3.05) is 0 Å². The Morgan fingerprint density at radius 2 is 2.06 bits per heavy atom. The predicted octanol–water partition coefficient (Wildman–Crippen LogP) is 2.69. The molecule has 0 fully saturated rings. The lowest BCUT2D eigenvalue weighted by molar-refractivity contribution is 0.458. The van der Waals surface area contributed by atoms with Crippen LogP contribution in [0, 0.1) is 13.8 Å². The third-order valence-electron chi connectivity index (χ3n) is 2.94. The van der Waals surface area contributed by atoms with E-state index < -0.39 is 0 Å². The molecule has 4 nitrogen and oxygen atoms in total. The molecular formula is C13H13N3O. The number of benzene rings is 1. The predicted molar refractivity (Wildman–Crippen MR) is 64.8 cm³/mol. The first-order valence-electron chi connectivity index (χ1n) is 5.58. The van der Waals surface area contributed by atoms with E-state index >= 15 is 0 Å². The van der Waals surface area contributed by atoms with E-state index in [9.17, 15) is 0 Å². The molecule has 3 rings (SSSR count). The molecule has 0 saturated carbocycles. The van der Waals surface area contributed by atoms with E-state index in [4.69, 9.17) is 4.42 Å². The third-order valence-corrected chi connectivity index (χ3v) is 2.94. The molecule has 1 aromatic carbocycles. The molecule has 0 radical (unpaired) electrons. The van der Waals surface area contributed by atoms with Crippen molar-refractivity contribution in [3.63, 3.8) is 0 Å². The molecule has 0 spiro atoms. The van der Waals surface area contributed by atoms with Crippen molar-refractivity contribution in [3.8, 4) is 0 Å². The molecule has 0 atom stereocenters. The van der Waals surface area contributed by atoms with Gasteiger partial charge in [-0.3, -0.25) is 0 Å². The molecule has 0 aliphatic carbocycles. The molecule has 3 aromatic rings. The maximum absolute atomic E-state index is 5.65. The van der Waals surface area contributed by atoms with Gasteiger partial charge in [0.25, 0.3) is 0 Å². The highest BCUT2D eigenvalue weighted by Gasteiger charge is 2.08. The fourth-order valence-electron chi connectivity index (χ4n) is 1.91. The molecule has 86 valence electrons. The zero-order chi connectivity index (χ0) is 11.8. The lowest BCUT2D eigenvalue weighted by atomic mass is 10.3. The van der Waals surface area contributed by atoms with Crippen molar-refractivity contribution in [1.29, 1.82) is 0 Å². The minimum absolute atomic E-state index is 0.620. The number of nitrogens with zero attached hydrogens (tertiary/aromatic N) is 3. The summed E-state index contributed by atoms with van der Waals surface area (Å²) < 4.78 is 7.50. The Morgan fingerprint density at radius 3 is 2.82 bits per heavy atom. The highest BCUT2D eigenvalue weighted by molar-refractivity contribution is 5.73. The van der Waals surface area contributed by atoms with Gasteiger partial charge < -0.3 is 4.42 Å². The Kier molecular flexibility index (Phi) is 2.21. The molecule has 17 heavy (non-hydrogen) atoms. The zero-order valence-corrected chi connectivity index (χ0v) is 9.84. The molecule has 0 amide bonds. The normalized spacial score (nSPS) is 11.2. The first-order chi connectivity index (χ1) is 8.24. The Labute approximate surface area is 98.9 Å². The summed E-state index contributed by atoms with van der Waals surface area (Å²) in [6, 6.07) is 9.96. The van der Waals surface area contributed by atoms with Crippen molar-refractivity contribution in [2.45, 2.75) is 20.4 Å². The number of rotatable bonds is 2. The van der Waals surface area contributed by atoms with Gasteiger partial charge in [-0.1, -0.05) is 17.3 Å². The van der Waals surface area contributed by atoms with Gasteiger partial charge >= 0.3 is 0 Å². The van der Waals surface area contributed by atoms with E-state index in [0.29, 0.717) is 6.54 Å². The summed E-state index contributed by atoms with van der Waals surface area (Å²) in [6.07, 6.45) is 0. The van der Waals surface area contributed by atoms with Crippen LogP contribution < -0.4 is 0 Å². The van der Waals surface area contributed by atoms with Crippen LogP contribution in [0.25, 0.3) is 11.0 Å². The lowest BCUT2D eigenvalue weighted by Gasteiger charge is -1.98. The molecule has 0 N–H and O–H groups in total. The van der Waals surface area contributed by atoms with Gasteiger partial charge in [-0.15, -0.1) is 5.10 Å². The zero-order valence-electron chi connectivity index (χ0n) is 9.84. The maximum atomic E-state index is 5.65. The summed E-state index contributed by atoms with van der Waals surface area (Å²) in [5, 5.41) is 8.25. The molecule has 0 aliphatic heterocycles. The summed E-state index contributed by atoms with van der Waals surface area (Å²) in [6.45, 7) is 4.63. The molecular weight excluding hydrogens is 214 g/mol. The lowest BCUT2D eigenvalue weighted by Crippen LogP contribution is -2.00. The second-order valence-corrected chi connectivity index (χ2v) is 4.19. The number of hydrogen-bond donors (Lipinski definition) is 0. The number of fused-ring (bicyclic) bond motifs is 1. The van der Waals surface area contributed by atoms with Crippen LogP contribution in [0.5, 0.6) is 0 Å². The van der Waals surface area contributed by atoms with E-state index in [-0.39, 0.29) is 0 Å². The third kappa shape index (κ3) is 1.71. The summed E-state index contributed by atoms with van der Waals surface area (Å²) in [4.78, 5) is 0. The van der Waals surface area contributed by atoms with Gasteiger partial charge in [0.05, 0.1) is 5.52 Å². The van der Waals surface area contributed by atoms with E-state index in [1.165, 1.54) is 5.56 Å². The molecule has 0 saturated heterocycles. The highest BCUT2D eigenvalue weighted by Crippen LogP contribution is 2.16. The molecule has 2 aromatic heterocycles. The smallest absolute Gasteiger partial charge is 0.126 e. The Balaban J connectivity index is 2.00. The van der Waals surface area contributed by atoms with Crippen LogP contribution in [0.15, 0.2) is 34.7 Å². The van der Waals surface area contributed by atoms with Crippen LogP contribution in [-0.2, 0) is 6.54 Å². The Bertz CT molecular complexity index is 647. The number of para-hydroxylation sites is 1. The van der Waals surface area contributed by atoms with Gasteiger partial charge in [0.2, 0.25) is 0 Å². The first kappa shape index (κ1) is 10.1. The average molecular weight is 227 g/mol. The van der Waals surface area contributed by atoms with Gasteiger partial charge in [-0.2, -0.15) is 0 Å². The van der Waals surface area contributed by atoms with E-state index in [2.05, 4.69) is 10.3 Å². The summed E-state index contributed by atoms with van der Waals surface area (Å²) in [5.41, 5.74) is 3.11. The minimum atomic E-state index is 0.620. The minimum Gasteiger partial charge on any atom is -0.464 e. The van der Waals surface area contributed by atoms with Crippen LogP contribution >= 0.6 is 0 Å². The number of furan rings is 1. The molecule has 4 heteroatoms. The SMILES string of the molecule is Cc1cc(Cn2nnc3ccccc32)oc1C. The van der Waals surface area contributed by atoms with Crippen molar-refractivity contribution in [1.82, 2.24) is 15.0 Å². The van der Waals surface area contributed by atoms with Crippen LogP contribution in [0.4, 0.5) is 0 Å². The molecule has 2 heterocycles. The summed E-state index contributed by atoms with van der Waals surface area (Å²) in [7, 11) is 0. The van der Waals surface area contributed by atoms with Crippen molar-refractivity contribution < 1.29 is 4.42 Å². The van der Waals surface area contributed by atoms with Crippen molar-refractivity contribution in [2.24, 2.45) is 0 Å². The molecule has 0 bridgehead atoms. The van der Waals surface area contributed by atoms with Gasteiger partial charge in [0.1, 0.15) is 23.6 Å². The van der Waals surface area contributed by atoms with Gasteiger partial charge in [0, 0.05) is 0 Å². The van der Waals surface area contributed by atoms with E-state index in [0.717, 1.165) is 22.6 Å². The fraction of sp³-hybridized carbons (Fsp3) is 0.231. The van der Waals surface area contributed by atoms with Gasteiger partial charge in [0.15, 0.2) is 0 Å². The summed E-state index contributed by atoms with van der Waals surface area (Å²) in [5.74, 6) is 1.88. The van der Waals surface area contributed by atoms with Crippen LogP contribution in [-0.4, -0.2) is 15.0 Å². The average Bonchev–Trinajstić information content (AvgIpc) is 2.85. The first-order valence-corrected chi connectivity index (χ1v) is 5.58. The van der Waals surface area contributed by atoms with Crippen molar-refractivity contribution >= 4 is 11.0 Å². The van der Waals surface area contributed by atoms with Crippen LogP contribution in [0.3, 0.4) is 0 Å². The van der Waals surface area contributed by atoms with Crippen LogP contribution in [0.2, 0.25) is 0 Å². The molecule has 0 unspecified atom stereocenters. The standard InChI is InChI=1S/C13H13N3O/c1-9-7-11(17-10(9)2)8-16-13-6-4-3-5-12(13)14-15-16/h3-7H,8H2,1-2H3. The number of aromatic nitrogens is 3. The highest BCUT2D eigenvalue weighted by atomic mass is 16.3. The monoisotopic (exact) mass is 227 g/mol. The topological polar surface area (TPSA) is 43.9 Å².